The van der Waals surface area contributed by atoms with Gasteiger partial charge in [-0.15, -0.1) is 0 Å². The Morgan fingerprint density at radius 1 is 1.09 bits per heavy atom. The van der Waals surface area contributed by atoms with Gasteiger partial charge in [-0.25, -0.2) is 0 Å². The van der Waals surface area contributed by atoms with Crippen LogP contribution >= 0.6 is 15.9 Å². The van der Waals surface area contributed by atoms with E-state index in [-0.39, 0.29) is 12.5 Å². The number of halogens is 1. The van der Waals surface area contributed by atoms with E-state index in [9.17, 15) is 4.79 Å². The molecule has 2 aromatic carbocycles. The molecule has 4 nitrogen and oxygen atoms in total. The van der Waals surface area contributed by atoms with Gasteiger partial charge in [0, 0.05) is 16.2 Å². The summed E-state index contributed by atoms with van der Waals surface area (Å²) < 4.78 is 12.0. The van der Waals surface area contributed by atoms with Gasteiger partial charge in [-0.3, -0.25) is 4.79 Å². The van der Waals surface area contributed by atoms with Crippen LogP contribution in [0.2, 0.25) is 0 Å². The van der Waals surface area contributed by atoms with Crippen LogP contribution in [0.4, 0.5) is 5.69 Å². The van der Waals surface area contributed by atoms with Gasteiger partial charge in [0.15, 0.2) is 6.61 Å². The number of hydrogen-bond donors (Lipinski definition) is 1. The second-order valence-electron chi connectivity index (χ2n) is 5.17. The molecule has 0 atom stereocenters. The van der Waals surface area contributed by atoms with Crippen LogP contribution in [0.5, 0.6) is 11.5 Å². The summed E-state index contributed by atoms with van der Waals surface area (Å²) in [5.41, 5.74) is 2.84. The van der Waals surface area contributed by atoms with Gasteiger partial charge in [-0.2, -0.15) is 0 Å². The first-order valence-corrected chi connectivity index (χ1v) is 8.21. The summed E-state index contributed by atoms with van der Waals surface area (Å²) in [6.07, 6.45) is 0. The van der Waals surface area contributed by atoms with Crippen molar-refractivity contribution >= 4 is 27.5 Å². The molecular weight excluding hydrogens is 358 g/mol. The zero-order valence-corrected chi connectivity index (χ0v) is 15.1. The molecule has 0 aromatic heterocycles. The number of ether oxygens (including phenoxy) is 2. The second-order valence-corrected chi connectivity index (χ2v) is 5.96. The lowest BCUT2D eigenvalue weighted by molar-refractivity contribution is -0.118. The highest BCUT2D eigenvalue weighted by atomic mass is 79.9. The molecule has 0 saturated heterocycles. The van der Waals surface area contributed by atoms with Crippen molar-refractivity contribution in [3.05, 3.63) is 52.0 Å². The minimum Gasteiger partial charge on any atom is -0.494 e. The number of rotatable bonds is 6. The zero-order valence-electron chi connectivity index (χ0n) is 13.5. The van der Waals surface area contributed by atoms with E-state index in [4.69, 9.17) is 9.47 Å². The van der Waals surface area contributed by atoms with Crippen LogP contribution in [0.25, 0.3) is 0 Å². The molecule has 2 aromatic rings. The summed E-state index contributed by atoms with van der Waals surface area (Å²) in [4.78, 5) is 12.0. The van der Waals surface area contributed by atoms with E-state index in [2.05, 4.69) is 21.2 Å². The molecule has 0 fully saturated rings. The Morgan fingerprint density at radius 2 is 1.78 bits per heavy atom. The third-order valence-electron chi connectivity index (χ3n) is 3.21. The highest BCUT2D eigenvalue weighted by Crippen LogP contribution is 2.26. The van der Waals surface area contributed by atoms with E-state index in [1.54, 1.807) is 6.07 Å². The fourth-order valence-corrected chi connectivity index (χ4v) is 2.39. The van der Waals surface area contributed by atoms with E-state index in [0.717, 1.165) is 21.3 Å². The van der Waals surface area contributed by atoms with Crippen molar-refractivity contribution in [2.75, 3.05) is 18.5 Å². The third kappa shape index (κ3) is 4.99. The fourth-order valence-electron chi connectivity index (χ4n) is 2.17. The van der Waals surface area contributed by atoms with E-state index in [0.29, 0.717) is 18.0 Å². The number of hydrogen-bond acceptors (Lipinski definition) is 3. The van der Waals surface area contributed by atoms with Crippen molar-refractivity contribution in [3.63, 3.8) is 0 Å². The van der Waals surface area contributed by atoms with Gasteiger partial charge >= 0.3 is 0 Å². The van der Waals surface area contributed by atoms with Crippen molar-refractivity contribution in [2.24, 2.45) is 0 Å². The van der Waals surface area contributed by atoms with Gasteiger partial charge in [-0.05, 0) is 56.2 Å². The Balaban J connectivity index is 1.94. The average Bonchev–Trinajstić information content (AvgIpc) is 2.51. The molecule has 0 bridgehead atoms. The molecule has 0 aliphatic carbocycles. The Kier molecular flexibility index (Phi) is 6.04. The van der Waals surface area contributed by atoms with Gasteiger partial charge in [0.1, 0.15) is 11.5 Å². The number of amides is 1. The van der Waals surface area contributed by atoms with Crippen molar-refractivity contribution in [1.82, 2.24) is 0 Å². The smallest absolute Gasteiger partial charge is 0.262 e. The van der Waals surface area contributed by atoms with Crippen LogP contribution in [0, 0.1) is 13.8 Å². The molecular formula is C18H20BrNO3. The van der Waals surface area contributed by atoms with Crippen LogP contribution in [0.3, 0.4) is 0 Å². The molecule has 0 saturated carbocycles. The number of anilines is 1. The van der Waals surface area contributed by atoms with Crippen LogP contribution < -0.4 is 14.8 Å². The molecule has 23 heavy (non-hydrogen) atoms. The van der Waals surface area contributed by atoms with E-state index < -0.39 is 0 Å². The van der Waals surface area contributed by atoms with Gasteiger partial charge in [0.2, 0.25) is 0 Å². The Labute approximate surface area is 144 Å². The summed E-state index contributed by atoms with van der Waals surface area (Å²) in [6, 6.07) is 11.1. The predicted octanol–water partition coefficient (Wildman–Crippen LogP) is 4.48. The molecule has 0 unspecified atom stereocenters. The maximum absolute atomic E-state index is 12.0. The number of aryl methyl sites for hydroxylation is 2. The Morgan fingerprint density at radius 3 is 2.43 bits per heavy atom. The molecule has 0 spiro atoms. The van der Waals surface area contributed by atoms with E-state index in [1.807, 2.05) is 51.1 Å². The largest absolute Gasteiger partial charge is 0.494 e. The standard InChI is InChI=1S/C18H20BrNO3/c1-4-22-15-7-5-6-14(10-15)20-17(21)11-23-16-8-12(2)18(19)13(3)9-16/h5-10H,4,11H2,1-3H3,(H,20,21). The topological polar surface area (TPSA) is 47.6 Å². The molecule has 2 rings (SSSR count). The lowest BCUT2D eigenvalue weighted by Gasteiger charge is -2.11. The number of carbonyl (C=O) groups is 1. The maximum atomic E-state index is 12.0. The normalized spacial score (nSPS) is 10.3. The first-order valence-electron chi connectivity index (χ1n) is 7.42. The summed E-state index contributed by atoms with van der Waals surface area (Å²) in [5.74, 6) is 1.20. The highest BCUT2D eigenvalue weighted by Gasteiger charge is 2.07. The van der Waals surface area contributed by atoms with Gasteiger partial charge in [0.25, 0.3) is 5.91 Å². The number of carbonyl (C=O) groups excluding carboxylic acids is 1. The van der Waals surface area contributed by atoms with Crippen molar-refractivity contribution < 1.29 is 14.3 Å². The van der Waals surface area contributed by atoms with Gasteiger partial charge < -0.3 is 14.8 Å². The van der Waals surface area contributed by atoms with Gasteiger partial charge in [0.05, 0.1) is 6.61 Å². The average molecular weight is 378 g/mol. The molecule has 5 heteroatoms. The van der Waals surface area contributed by atoms with Crippen LogP contribution in [0.15, 0.2) is 40.9 Å². The molecule has 0 radical (unpaired) electrons. The lowest BCUT2D eigenvalue weighted by Crippen LogP contribution is -2.20. The lowest BCUT2D eigenvalue weighted by atomic mass is 10.1. The minimum absolute atomic E-state index is 0.0423. The number of nitrogens with one attached hydrogen (secondary N) is 1. The first-order chi connectivity index (χ1) is 11.0. The number of benzene rings is 2. The summed E-state index contributed by atoms with van der Waals surface area (Å²) >= 11 is 3.51. The monoisotopic (exact) mass is 377 g/mol. The van der Waals surface area contributed by atoms with Crippen LogP contribution in [0.1, 0.15) is 18.1 Å². The summed E-state index contributed by atoms with van der Waals surface area (Å²) in [7, 11) is 0. The minimum atomic E-state index is -0.211. The Bertz CT molecular complexity index is 677. The fraction of sp³-hybridized carbons (Fsp3) is 0.278. The molecule has 0 aliphatic heterocycles. The highest BCUT2D eigenvalue weighted by molar-refractivity contribution is 9.10. The summed E-state index contributed by atoms with van der Waals surface area (Å²) in [6.45, 7) is 6.44. The molecule has 0 aliphatic rings. The SMILES string of the molecule is CCOc1cccc(NC(=O)COc2cc(C)c(Br)c(C)c2)c1. The molecule has 0 heterocycles. The maximum Gasteiger partial charge on any atom is 0.262 e. The van der Waals surface area contributed by atoms with Crippen LogP contribution in [-0.2, 0) is 4.79 Å². The van der Waals surface area contributed by atoms with Crippen molar-refractivity contribution in [2.45, 2.75) is 20.8 Å². The second kappa shape index (κ2) is 8.02. The van der Waals surface area contributed by atoms with Crippen LogP contribution in [-0.4, -0.2) is 19.1 Å². The quantitative estimate of drug-likeness (QED) is 0.806. The van der Waals surface area contributed by atoms with E-state index >= 15 is 0 Å². The summed E-state index contributed by atoms with van der Waals surface area (Å²) in [5, 5.41) is 2.80. The van der Waals surface area contributed by atoms with Crippen molar-refractivity contribution in [1.29, 1.82) is 0 Å². The van der Waals surface area contributed by atoms with E-state index in [1.165, 1.54) is 0 Å². The third-order valence-corrected chi connectivity index (χ3v) is 4.46. The molecule has 1 amide bonds. The molecule has 1 N–H and O–H groups in total. The molecule has 122 valence electrons. The van der Waals surface area contributed by atoms with Crippen molar-refractivity contribution in [3.8, 4) is 11.5 Å². The Hall–Kier alpha value is -2.01. The predicted molar refractivity (Wildman–Crippen MR) is 95.4 cm³/mol. The first kappa shape index (κ1) is 17.3. The zero-order chi connectivity index (χ0) is 16.8. The van der Waals surface area contributed by atoms with Gasteiger partial charge in [-0.1, -0.05) is 22.0 Å².